The van der Waals surface area contributed by atoms with Crippen LogP contribution in [0.5, 0.6) is 0 Å². The Morgan fingerprint density at radius 1 is 0.255 bits per heavy atom. The lowest BCUT2D eigenvalue weighted by atomic mass is 9.42. The monoisotopic (exact) mass is 773 g/mol. The minimum atomic E-state index is 0.397. The van der Waals surface area contributed by atoms with E-state index in [1.165, 1.54) is 270 Å². The van der Waals surface area contributed by atoms with Crippen LogP contribution < -0.4 is 0 Å². The van der Waals surface area contributed by atoms with E-state index in [0.29, 0.717) is 16.2 Å². The van der Waals surface area contributed by atoms with Gasteiger partial charge in [-0.2, -0.15) is 0 Å². The molecule has 55 heavy (non-hydrogen) atoms. The topological polar surface area (TPSA) is 0 Å². The van der Waals surface area contributed by atoms with Gasteiger partial charge in [0.15, 0.2) is 0 Å². The van der Waals surface area contributed by atoms with Crippen molar-refractivity contribution in [1.82, 2.24) is 0 Å². The number of hydrogen-bond acceptors (Lipinski definition) is 0. The van der Waals surface area contributed by atoms with Gasteiger partial charge in [0.25, 0.3) is 0 Å². The third kappa shape index (κ3) is 25.3. The summed E-state index contributed by atoms with van der Waals surface area (Å²) < 4.78 is 0. The van der Waals surface area contributed by atoms with Crippen LogP contribution in [0.1, 0.15) is 332 Å². The Morgan fingerprint density at radius 3 is 0.745 bits per heavy atom. The predicted molar refractivity (Wildman–Crippen MR) is 256 cm³/mol. The number of rotatable bonds is 45. The van der Waals surface area contributed by atoms with Crippen LogP contribution in [0.15, 0.2) is 0 Å². The summed E-state index contributed by atoms with van der Waals surface area (Å²) in [4.78, 5) is 0. The highest BCUT2D eigenvalue weighted by Crippen LogP contribution is 2.66. The predicted octanol–water partition coefficient (Wildman–Crippen LogP) is 21.1. The van der Waals surface area contributed by atoms with Crippen molar-refractivity contribution in [3.8, 4) is 0 Å². The molecule has 0 rings (SSSR count). The molecule has 0 aliphatic heterocycles. The van der Waals surface area contributed by atoms with Crippen molar-refractivity contribution in [2.45, 2.75) is 332 Å². The average Bonchev–Trinajstić information content (AvgIpc) is 3.17. The summed E-state index contributed by atoms with van der Waals surface area (Å²) in [5.74, 6) is 0.768. The number of unbranched alkanes of at least 4 members (excludes halogenated alkanes) is 32. The van der Waals surface area contributed by atoms with Crippen molar-refractivity contribution in [2.75, 3.05) is 0 Å². The van der Waals surface area contributed by atoms with Gasteiger partial charge in [-0.3, -0.25) is 0 Å². The van der Waals surface area contributed by atoms with Gasteiger partial charge in [-0.25, -0.2) is 0 Å². The molecule has 2 unspecified atom stereocenters. The van der Waals surface area contributed by atoms with E-state index in [1.54, 1.807) is 0 Å². The van der Waals surface area contributed by atoms with Crippen molar-refractivity contribution in [1.29, 1.82) is 0 Å². The van der Waals surface area contributed by atoms with Gasteiger partial charge in [-0.05, 0) is 54.3 Å². The SMILES string of the molecule is CCCCCCCCCCCCCC(CCCC)(C(C)(C)CCCCCCCCC)C(CCCCCCCCCC)(CCCCCCCCCCC)C(C)C. The summed E-state index contributed by atoms with van der Waals surface area (Å²) in [6, 6.07) is 0. The molecule has 0 amide bonds. The van der Waals surface area contributed by atoms with E-state index in [4.69, 9.17) is 0 Å². The quantitative estimate of drug-likeness (QED) is 0.0541. The van der Waals surface area contributed by atoms with E-state index in [1.807, 2.05) is 0 Å². The summed E-state index contributed by atoms with van der Waals surface area (Å²) in [6.07, 6.45) is 61.0. The zero-order valence-electron chi connectivity index (χ0n) is 40.8. The molecule has 0 bridgehead atoms. The van der Waals surface area contributed by atoms with Crippen LogP contribution in [0.4, 0.5) is 0 Å². The lowest BCUT2D eigenvalue weighted by Gasteiger charge is -2.62. The first kappa shape index (κ1) is 55.0. The van der Waals surface area contributed by atoms with Crippen LogP contribution in [0.3, 0.4) is 0 Å². The number of hydrogen-bond donors (Lipinski definition) is 0. The molecule has 0 aromatic heterocycles. The lowest BCUT2D eigenvalue weighted by Crippen LogP contribution is -2.54. The Kier molecular flexibility index (Phi) is 38.2. The normalized spacial score (nSPS) is 14.5. The highest BCUT2D eigenvalue weighted by atomic mass is 14.6. The molecule has 0 heterocycles. The molecule has 2 atom stereocenters. The van der Waals surface area contributed by atoms with E-state index in [0.717, 1.165) is 5.92 Å². The Hall–Kier alpha value is 0. The molecule has 0 saturated heterocycles. The van der Waals surface area contributed by atoms with Crippen LogP contribution in [-0.4, -0.2) is 0 Å². The second-order valence-electron chi connectivity index (χ2n) is 20.3. The van der Waals surface area contributed by atoms with E-state index >= 15 is 0 Å². The molecule has 0 fully saturated rings. The van der Waals surface area contributed by atoms with Crippen LogP contribution >= 0.6 is 0 Å². The maximum atomic E-state index is 2.82. The van der Waals surface area contributed by atoms with Crippen LogP contribution in [-0.2, 0) is 0 Å². The maximum absolute atomic E-state index is 2.82. The third-order valence-corrected chi connectivity index (χ3v) is 15.1. The minimum Gasteiger partial charge on any atom is -0.0654 e. The maximum Gasteiger partial charge on any atom is -0.0187 e. The van der Waals surface area contributed by atoms with Crippen molar-refractivity contribution >= 4 is 0 Å². The molecule has 0 aliphatic carbocycles. The summed E-state index contributed by atoms with van der Waals surface area (Å²) in [7, 11) is 0. The molecular weight excluding hydrogens is 661 g/mol. The molecule has 0 saturated carbocycles. The molecule has 0 aliphatic rings. The van der Waals surface area contributed by atoms with Crippen molar-refractivity contribution in [2.24, 2.45) is 22.2 Å². The Bertz CT molecular complexity index is 747. The fraction of sp³-hybridized carbons (Fsp3) is 1.00. The first-order valence-electron chi connectivity index (χ1n) is 26.7. The van der Waals surface area contributed by atoms with Gasteiger partial charge in [-0.15, -0.1) is 0 Å². The molecule has 0 aromatic rings. The van der Waals surface area contributed by atoms with Crippen molar-refractivity contribution < 1.29 is 0 Å². The molecule has 332 valence electrons. The molecule has 0 N–H and O–H groups in total. The minimum absolute atomic E-state index is 0.397. The van der Waals surface area contributed by atoms with Gasteiger partial charge < -0.3 is 0 Å². The van der Waals surface area contributed by atoms with Gasteiger partial charge in [0.1, 0.15) is 0 Å². The molecule has 0 radical (unpaired) electrons. The lowest BCUT2D eigenvalue weighted by molar-refractivity contribution is -0.133. The van der Waals surface area contributed by atoms with E-state index in [9.17, 15) is 0 Å². The third-order valence-electron chi connectivity index (χ3n) is 15.1. The molecule has 0 aromatic carbocycles. The zero-order chi connectivity index (χ0) is 40.8. The van der Waals surface area contributed by atoms with Crippen LogP contribution in [0.25, 0.3) is 0 Å². The van der Waals surface area contributed by atoms with E-state index < -0.39 is 0 Å². The second-order valence-corrected chi connectivity index (χ2v) is 20.3. The van der Waals surface area contributed by atoms with Crippen LogP contribution in [0.2, 0.25) is 0 Å². The summed E-state index contributed by atoms with van der Waals surface area (Å²) >= 11 is 0. The summed E-state index contributed by atoms with van der Waals surface area (Å²) in [5.41, 5.74) is 1.31. The van der Waals surface area contributed by atoms with E-state index in [2.05, 4.69) is 62.3 Å². The van der Waals surface area contributed by atoms with Crippen molar-refractivity contribution in [3.05, 3.63) is 0 Å². The second kappa shape index (κ2) is 38.2. The van der Waals surface area contributed by atoms with Gasteiger partial charge in [0, 0.05) is 0 Å². The van der Waals surface area contributed by atoms with Gasteiger partial charge in [0.05, 0.1) is 0 Å². The zero-order valence-corrected chi connectivity index (χ0v) is 40.8. The summed E-state index contributed by atoms with van der Waals surface area (Å²) in [6.45, 7) is 23.0. The standard InChI is InChI=1S/C55H112/c1-10-15-20-24-28-31-32-34-38-42-46-51-55(50-19-14-5,53(8,9)47-43-39-35-27-23-18-13-4)54(52(6)7,48-44-40-36-30-26-22-17-12-3)49-45-41-37-33-29-25-21-16-11-2/h52H,10-51H2,1-9H3. The highest BCUT2D eigenvalue weighted by molar-refractivity contribution is 5.06. The molecular formula is C55H112. The first-order valence-corrected chi connectivity index (χ1v) is 26.7. The fourth-order valence-electron chi connectivity index (χ4n) is 11.4. The Labute approximate surface area is 352 Å². The fourth-order valence-corrected chi connectivity index (χ4v) is 11.4. The van der Waals surface area contributed by atoms with E-state index in [-0.39, 0.29) is 0 Å². The van der Waals surface area contributed by atoms with Gasteiger partial charge in [-0.1, -0.05) is 300 Å². The van der Waals surface area contributed by atoms with Crippen molar-refractivity contribution in [3.63, 3.8) is 0 Å². The Morgan fingerprint density at radius 2 is 0.473 bits per heavy atom. The van der Waals surface area contributed by atoms with Gasteiger partial charge in [0.2, 0.25) is 0 Å². The highest BCUT2D eigenvalue weighted by Gasteiger charge is 2.57. The average molecular weight is 774 g/mol. The molecule has 0 spiro atoms. The molecule has 0 heteroatoms. The largest absolute Gasteiger partial charge is 0.0654 e. The first-order chi connectivity index (χ1) is 26.7. The summed E-state index contributed by atoms with van der Waals surface area (Å²) in [5, 5.41) is 0. The van der Waals surface area contributed by atoms with Gasteiger partial charge >= 0.3 is 0 Å². The molecule has 0 nitrogen and oxygen atoms in total. The van der Waals surface area contributed by atoms with Crippen LogP contribution in [0, 0.1) is 22.2 Å². The smallest absolute Gasteiger partial charge is 0.0187 e. The Balaban J connectivity index is 6.26.